The van der Waals surface area contributed by atoms with Crippen molar-refractivity contribution in [3.8, 4) is 0 Å². The van der Waals surface area contributed by atoms with E-state index in [2.05, 4.69) is 0 Å². The largest absolute Gasteiger partial charge is 0.480 e. The minimum absolute atomic E-state index is 0.206. The number of aliphatic carboxylic acids is 2. The molecule has 0 fully saturated rings. The molecule has 0 aromatic rings. The Bertz CT molecular complexity index is 179. The molecule has 0 spiro atoms. The van der Waals surface area contributed by atoms with E-state index in [0.717, 1.165) is 21.6 Å². The molecule has 0 bridgehead atoms. The van der Waals surface area contributed by atoms with Crippen LogP contribution in [-0.2, 0) is 9.59 Å². The van der Waals surface area contributed by atoms with Gasteiger partial charge in [-0.2, -0.15) is 0 Å². The summed E-state index contributed by atoms with van der Waals surface area (Å²) >= 11 is 0. The molecular formula is C6H11NO4S2. The number of hydrogen-bond acceptors (Lipinski definition) is 5. The Morgan fingerprint density at radius 1 is 1.38 bits per heavy atom. The third-order valence-corrected chi connectivity index (χ3v) is 3.93. The van der Waals surface area contributed by atoms with Gasteiger partial charge in [0.1, 0.15) is 11.3 Å². The van der Waals surface area contributed by atoms with Crippen LogP contribution in [-0.4, -0.2) is 39.2 Å². The van der Waals surface area contributed by atoms with Gasteiger partial charge in [-0.25, -0.2) is 0 Å². The second-order valence-electron chi connectivity index (χ2n) is 2.31. The van der Waals surface area contributed by atoms with Crippen molar-refractivity contribution in [2.45, 2.75) is 18.2 Å². The Kier molecular flexibility index (Phi) is 5.93. The maximum atomic E-state index is 10.3. The summed E-state index contributed by atoms with van der Waals surface area (Å²) < 4.78 is 0. The van der Waals surface area contributed by atoms with Gasteiger partial charge in [0.15, 0.2) is 0 Å². The molecule has 4 N–H and O–H groups in total. The van der Waals surface area contributed by atoms with Crippen LogP contribution in [0.15, 0.2) is 0 Å². The predicted molar refractivity (Wildman–Crippen MR) is 52.8 cm³/mol. The molecule has 0 aliphatic carbocycles. The number of carboxylic acid groups (broad SMARTS) is 2. The fourth-order valence-electron chi connectivity index (χ4n) is 0.327. The zero-order chi connectivity index (χ0) is 10.4. The minimum Gasteiger partial charge on any atom is -0.480 e. The monoisotopic (exact) mass is 225 g/mol. The Labute approximate surface area is 83.5 Å². The molecule has 7 heteroatoms. The van der Waals surface area contributed by atoms with Crippen LogP contribution < -0.4 is 5.73 Å². The standard InChI is InChI=1S/C6H11NO4S2/c1-3(5(8)9)13-12-2-4(7)6(10)11/h3-4H,2,7H2,1H3,(H,8,9)(H,10,11)/t3?,4-/m0/s1. The molecule has 0 radical (unpaired) electrons. The molecular weight excluding hydrogens is 214 g/mol. The number of rotatable bonds is 6. The SMILES string of the molecule is CC(SSC[C@H](N)C(=O)O)C(=O)O. The van der Waals surface area contributed by atoms with Crippen LogP contribution in [0.2, 0.25) is 0 Å². The molecule has 5 nitrogen and oxygen atoms in total. The summed E-state index contributed by atoms with van der Waals surface area (Å²) in [5.74, 6) is -1.78. The summed E-state index contributed by atoms with van der Waals surface area (Å²) in [4.78, 5) is 20.6. The van der Waals surface area contributed by atoms with E-state index in [4.69, 9.17) is 15.9 Å². The van der Waals surface area contributed by atoms with Crippen LogP contribution in [0.1, 0.15) is 6.92 Å². The number of carbonyl (C=O) groups is 2. The molecule has 0 rings (SSSR count). The van der Waals surface area contributed by atoms with E-state index >= 15 is 0 Å². The van der Waals surface area contributed by atoms with Gasteiger partial charge < -0.3 is 15.9 Å². The zero-order valence-corrected chi connectivity index (χ0v) is 8.60. The van der Waals surface area contributed by atoms with Crippen molar-refractivity contribution in [3.05, 3.63) is 0 Å². The van der Waals surface area contributed by atoms with E-state index in [-0.39, 0.29) is 5.75 Å². The highest BCUT2D eigenvalue weighted by molar-refractivity contribution is 8.77. The zero-order valence-electron chi connectivity index (χ0n) is 6.97. The van der Waals surface area contributed by atoms with Gasteiger partial charge in [0.2, 0.25) is 0 Å². The maximum absolute atomic E-state index is 10.3. The van der Waals surface area contributed by atoms with Crippen LogP contribution in [0.25, 0.3) is 0 Å². The van der Waals surface area contributed by atoms with E-state index in [9.17, 15) is 9.59 Å². The second-order valence-corrected chi connectivity index (χ2v) is 5.06. The average molecular weight is 225 g/mol. The Hall–Kier alpha value is -0.400. The summed E-state index contributed by atoms with van der Waals surface area (Å²) in [5, 5.41) is 16.3. The van der Waals surface area contributed by atoms with Gasteiger partial charge in [-0.1, -0.05) is 21.6 Å². The summed E-state index contributed by atoms with van der Waals surface area (Å²) in [6.07, 6.45) is 0. The van der Waals surface area contributed by atoms with Crippen LogP contribution in [0.3, 0.4) is 0 Å². The minimum atomic E-state index is -1.07. The van der Waals surface area contributed by atoms with Gasteiger partial charge in [-0.05, 0) is 6.92 Å². The molecule has 0 aromatic heterocycles. The molecule has 76 valence electrons. The molecule has 0 saturated carbocycles. The normalized spacial score (nSPS) is 14.9. The van der Waals surface area contributed by atoms with Gasteiger partial charge >= 0.3 is 11.9 Å². The van der Waals surface area contributed by atoms with E-state index in [1.807, 2.05) is 0 Å². The van der Waals surface area contributed by atoms with Crippen molar-refractivity contribution in [1.29, 1.82) is 0 Å². The highest BCUT2D eigenvalue weighted by Gasteiger charge is 2.15. The Morgan fingerprint density at radius 2 is 1.92 bits per heavy atom. The Balaban J connectivity index is 3.56. The van der Waals surface area contributed by atoms with Crippen LogP contribution in [0.5, 0.6) is 0 Å². The smallest absolute Gasteiger partial charge is 0.321 e. The average Bonchev–Trinajstić information content (AvgIpc) is 2.03. The Morgan fingerprint density at radius 3 is 2.31 bits per heavy atom. The lowest BCUT2D eigenvalue weighted by molar-refractivity contribution is -0.138. The summed E-state index contributed by atoms with van der Waals surface area (Å²) in [7, 11) is 2.26. The van der Waals surface area contributed by atoms with E-state index in [1.165, 1.54) is 6.92 Å². The molecule has 0 heterocycles. The fraction of sp³-hybridized carbons (Fsp3) is 0.667. The second kappa shape index (κ2) is 6.11. The fourth-order valence-corrected chi connectivity index (χ4v) is 2.52. The van der Waals surface area contributed by atoms with Crippen molar-refractivity contribution < 1.29 is 19.8 Å². The molecule has 0 aliphatic heterocycles. The van der Waals surface area contributed by atoms with Crippen molar-refractivity contribution in [1.82, 2.24) is 0 Å². The van der Waals surface area contributed by atoms with Gasteiger partial charge in [0, 0.05) is 5.75 Å². The molecule has 13 heavy (non-hydrogen) atoms. The highest BCUT2D eigenvalue weighted by Crippen LogP contribution is 2.26. The van der Waals surface area contributed by atoms with E-state index in [0.29, 0.717) is 0 Å². The lowest BCUT2D eigenvalue weighted by Gasteiger charge is -2.07. The molecule has 0 amide bonds. The first-order valence-electron chi connectivity index (χ1n) is 3.44. The van der Waals surface area contributed by atoms with Gasteiger partial charge in [-0.3, -0.25) is 9.59 Å². The lowest BCUT2D eigenvalue weighted by atomic mass is 10.4. The third-order valence-electron chi connectivity index (χ3n) is 1.12. The first-order chi connectivity index (χ1) is 5.95. The van der Waals surface area contributed by atoms with Crippen LogP contribution >= 0.6 is 21.6 Å². The van der Waals surface area contributed by atoms with E-state index < -0.39 is 23.2 Å². The molecule has 0 saturated heterocycles. The first kappa shape index (κ1) is 12.6. The third kappa shape index (κ3) is 5.78. The summed E-state index contributed by atoms with van der Waals surface area (Å²) in [5.41, 5.74) is 5.20. The molecule has 1 unspecified atom stereocenters. The molecule has 2 atom stereocenters. The number of nitrogens with two attached hydrogens (primary N) is 1. The van der Waals surface area contributed by atoms with Crippen LogP contribution in [0.4, 0.5) is 0 Å². The number of hydrogen-bond donors (Lipinski definition) is 3. The highest BCUT2D eigenvalue weighted by atomic mass is 33.1. The van der Waals surface area contributed by atoms with Gasteiger partial charge in [-0.15, -0.1) is 0 Å². The first-order valence-corrected chi connectivity index (χ1v) is 5.82. The lowest BCUT2D eigenvalue weighted by Crippen LogP contribution is -2.32. The van der Waals surface area contributed by atoms with Crippen molar-refractivity contribution >= 4 is 33.5 Å². The topological polar surface area (TPSA) is 101 Å². The summed E-state index contributed by atoms with van der Waals surface area (Å²) in [6.45, 7) is 1.53. The maximum Gasteiger partial charge on any atom is 0.321 e. The molecule has 0 aliphatic rings. The predicted octanol–water partition coefficient (Wildman–Crippen LogP) is 0.253. The van der Waals surface area contributed by atoms with Crippen molar-refractivity contribution in [3.63, 3.8) is 0 Å². The van der Waals surface area contributed by atoms with Crippen molar-refractivity contribution in [2.75, 3.05) is 5.75 Å². The van der Waals surface area contributed by atoms with E-state index in [1.54, 1.807) is 0 Å². The molecule has 0 aromatic carbocycles. The number of carboxylic acids is 2. The quantitative estimate of drug-likeness (QED) is 0.557. The summed E-state index contributed by atoms with van der Waals surface area (Å²) in [6, 6.07) is -0.932. The van der Waals surface area contributed by atoms with Crippen LogP contribution in [0, 0.1) is 0 Å². The van der Waals surface area contributed by atoms with Crippen molar-refractivity contribution in [2.24, 2.45) is 5.73 Å². The van der Waals surface area contributed by atoms with Gasteiger partial charge in [0.05, 0.1) is 0 Å². The van der Waals surface area contributed by atoms with Gasteiger partial charge in [0.25, 0.3) is 0 Å².